The number of carbonyl (C=O) groups excluding carboxylic acids is 1. The van der Waals surface area contributed by atoms with E-state index < -0.39 is 35.3 Å². The molecular weight excluding hydrogens is 411 g/mol. The van der Waals surface area contributed by atoms with Crippen molar-refractivity contribution in [3.05, 3.63) is 52.2 Å². The van der Waals surface area contributed by atoms with Gasteiger partial charge in [0.05, 0.1) is 5.41 Å². The maximum atomic E-state index is 13.4. The summed E-state index contributed by atoms with van der Waals surface area (Å²) >= 11 is 6.18. The molecule has 1 aliphatic rings. The molecule has 2 aromatic heterocycles. The minimum absolute atomic E-state index is 0.00634. The lowest BCUT2D eigenvalue weighted by Gasteiger charge is -2.12. The molecular formula is C18H15ClF3N5O2. The van der Waals surface area contributed by atoms with Crippen molar-refractivity contribution in [3.8, 4) is 11.6 Å². The number of nitrogens with two attached hydrogens (primary N) is 1. The first-order valence-electron chi connectivity index (χ1n) is 8.70. The average Bonchev–Trinajstić information content (AvgIpc) is 3.12. The number of hydrogen-bond donors (Lipinski definition) is 1. The molecule has 152 valence electrons. The summed E-state index contributed by atoms with van der Waals surface area (Å²) in [6.07, 6.45) is -1.53. The van der Waals surface area contributed by atoms with Gasteiger partial charge >= 0.3 is 0 Å². The molecule has 0 spiro atoms. The van der Waals surface area contributed by atoms with Crippen LogP contribution in [0, 0.1) is 5.82 Å². The van der Waals surface area contributed by atoms with E-state index in [9.17, 15) is 18.0 Å². The molecule has 1 amide bonds. The topological polar surface area (TPSA) is 99.8 Å². The number of hydrogen-bond acceptors (Lipinski definition) is 5. The van der Waals surface area contributed by atoms with Gasteiger partial charge in [0.15, 0.2) is 11.5 Å². The summed E-state index contributed by atoms with van der Waals surface area (Å²) in [5.74, 6) is -1.05. The molecule has 4 rings (SSSR count). The van der Waals surface area contributed by atoms with E-state index >= 15 is 0 Å². The molecule has 0 radical (unpaired) electrons. The zero-order valence-corrected chi connectivity index (χ0v) is 15.8. The molecule has 1 saturated carbocycles. The van der Waals surface area contributed by atoms with Crippen LogP contribution in [0.15, 0.2) is 28.8 Å². The number of amides is 1. The molecule has 1 atom stereocenters. The van der Waals surface area contributed by atoms with Crippen molar-refractivity contribution in [3.63, 3.8) is 0 Å². The fourth-order valence-corrected chi connectivity index (χ4v) is 3.59. The SMILES string of the molecule is C[C@@H](C(N)=O)n1nc(-c2nc(C3(c4ccc(F)cc4Cl)CC3)no2)cc1C(F)F. The standard InChI is InChI=1S/C18H15ClF3N5O2/c1-8(15(23)28)27-13(14(21)22)7-12(25-27)16-24-17(26-29-16)18(4-5-18)10-3-2-9(20)6-11(10)19/h2-3,6-8,14H,4-5H2,1H3,(H2,23,28)/t8-/m0/s1. The van der Waals surface area contributed by atoms with Gasteiger partial charge in [-0.2, -0.15) is 10.1 Å². The van der Waals surface area contributed by atoms with Crippen molar-refractivity contribution in [2.24, 2.45) is 5.73 Å². The molecule has 1 aliphatic carbocycles. The minimum atomic E-state index is -2.88. The van der Waals surface area contributed by atoms with Crippen LogP contribution in [0.2, 0.25) is 5.02 Å². The zero-order chi connectivity index (χ0) is 20.9. The number of rotatable bonds is 6. The van der Waals surface area contributed by atoms with Gasteiger partial charge in [-0.05, 0) is 43.5 Å². The summed E-state index contributed by atoms with van der Waals surface area (Å²) in [5, 5.41) is 8.21. The van der Waals surface area contributed by atoms with Crippen LogP contribution < -0.4 is 5.73 Å². The van der Waals surface area contributed by atoms with Gasteiger partial charge in [0, 0.05) is 5.02 Å². The number of halogens is 4. The normalized spacial score (nSPS) is 16.2. The smallest absolute Gasteiger partial charge is 0.280 e. The van der Waals surface area contributed by atoms with E-state index in [1.54, 1.807) is 6.07 Å². The van der Waals surface area contributed by atoms with E-state index in [0.29, 0.717) is 24.2 Å². The molecule has 7 nitrogen and oxygen atoms in total. The number of primary amides is 1. The van der Waals surface area contributed by atoms with E-state index in [2.05, 4.69) is 15.2 Å². The fraction of sp³-hybridized carbons (Fsp3) is 0.333. The average molecular weight is 426 g/mol. The lowest BCUT2D eigenvalue weighted by atomic mass is 9.95. The molecule has 1 aromatic carbocycles. The third-order valence-electron chi connectivity index (χ3n) is 5.04. The summed E-state index contributed by atoms with van der Waals surface area (Å²) < 4.78 is 46.2. The van der Waals surface area contributed by atoms with Crippen LogP contribution in [0.3, 0.4) is 0 Å². The number of alkyl halides is 2. The Balaban J connectivity index is 1.71. The molecule has 0 saturated heterocycles. The predicted octanol–water partition coefficient (Wildman–Crippen LogP) is 3.79. The predicted molar refractivity (Wildman–Crippen MR) is 95.8 cm³/mol. The molecule has 29 heavy (non-hydrogen) atoms. The Kier molecular flexibility index (Phi) is 4.60. The highest BCUT2D eigenvalue weighted by Crippen LogP contribution is 2.54. The second-order valence-electron chi connectivity index (χ2n) is 6.91. The number of aromatic nitrogens is 4. The van der Waals surface area contributed by atoms with E-state index in [1.807, 2.05) is 0 Å². The Morgan fingerprint density at radius 2 is 2.07 bits per heavy atom. The molecule has 0 aliphatic heterocycles. The monoisotopic (exact) mass is 425 g/mol. The first-order chi connectivity index (χ1) is 13.7. The van der Waals surface area contributed by atoms with Gasteiger partial charge in [-0.3, -0.25) is 9.48 Å². The van der Waals surface area contributed by atoms with Crippen molar-refractivity contribution < 1.29 is 22.5 Å². The lowest BCUT2D eigenvalue weighted by Crippen LogP contribution is -2.26. The minimum Gasteiger partial charge on any atom is -0.368 e. The van der Waals surface area contributed by atoms with Crippen LogP contribution in [0.4, 0.5) is 13.2 Å². The summed E-state index contributed by atoms with van der Waals surface area (Å²) in [6, 6.07) is 4.07. The van der Waals surface area contributed by atoms with Gasteiger partial charge in [0.1, 0.15) is 17.6 Å². The van der Waals surface area contributed by atoms with Crippen molar-refractivity contribution in [1.82, 2.24) is 19.9 Å². The Hall–Kier alpha value is -2.88. The second-order valence-corrected chi connectivity index (χ2v) is 7.31. The van der Waals surface area contributed by atoms with Crippen LogP contribution in [-0.4, -0.2) is 25.8 Å². The summed E-state index contributed by atoms with van der Waals surface area (Å²) in [7, 11) is 0. The second kappa shape index (κ2) is 6.87. The summed E-state index contributed by atoms with van der Waals surface area (Å²) in [5.41, 5.74) is 4.75. The maximum absolute atomic E-state index is 13.4. The first-order valence-corrected chi connectivity index (χ1v) is 9.08. The Labute approximate surface area is 167 Å². The molecule has 1 fully saturated rings. The molecule has 11 heteroatoms. The molecule has 0 bridgehead atoms. The van der Waals surface area contributed by atoms with Crippen LogP contribution in [-0.2, 0) is 10.2 Å². The van der Waals surface area contributed by atoms with E-state index in [0.717, 1.165) is 10.7 Å². The zero-order valence-electron chi connectivity index (χ0n) is 15.1. The van der Waals surface area contributed by atoms with Gasteiger partial charge in [-0.25, -0.2) is 13.2 Å². The Morgan fingerprint density at radius 1 is 1.34 bits per heavy atom. The van der Waals surface area contributed by atoms with Crippen molar-refractivity contribution in [1.29, 1.82) is 0 Å². The van der Waals surface area contributed by atoms with Gasteiger partial charge in [-0.1, -0.05) is 22.8 Å². The van der Waals surface area contributed by atoms with E-state index in [4.69, 9.17) is 21.9 Å². The van der Waals surface area contributed by atoms with Crippen LogP contribution in [0.5, 0.6) is 0 Å². The number of nitrogens with zero attached hydrogens (tertiary/aromatic N) is 4. The third-order valence-corrected chi connectivity index (χ3v) is 5.35. The van der Waals surface area contributed by atoms with E-state index in [1.165, 1.54) is 19.1 Å². The highest BCUT2D eigenvalue weighted by Gasteiger charge is 2.51. The third kappa shape index (κ3) is 3.27. The van der Waals surface area contributed by atoms with Crippen LogP contribution in [0.1, 0.15) is 49.3 Å². The van der Waals surface area contributed by atoms with Gasteiger partial charge in [0.25, 0.3) is 12.3 Å². The number of benzene rings is 1. The van der Waals surface area contributed by atoms with Crippen LogP contribution >= 0.6 is 11.6 Å². The fourth-order valence-electron chi connectivity index (χ4n) is 3.24. The van der Waals surface area contributed by atoms with Gasteiger partial charge < -0.3 is 10.3 Å². The lowest BCUT2D eigenvalue weighted by molar-refractivity contribution is -0.121. The van der Waals surface area contributed by atoms with Crippen molar-refractivity contribution in [2.45, 2.75) is 37.6 Å². The summed E-state index contributed by atoms with van der Waals surface area (Å²) in [6.45, 7) is 1.36. The largest absolute Gasteiger partial charge is 0.368 e. The Morgan fingerprint density at radius 3 is 2.66 bits per heavy atom. The van der Waals surface area contributed by atoms with Gasteiger partial charge in [-0.15, -0.1) is 0 Å². The van der Waals surface area contributed by atoms with Crippen molar-refractivity contribution >= 4 is 17.5 Å². The quantitative estimate of drug-likeness (QED) is 0.647. The van der Waals surface area contributed by atoms with E-state index in [-0.39, 0.29) is 16.6 Å². The van der Waals surface area contributed by atoms with Gasteiger partial charge in [0.2, 0.25) is 5.91 Å². The molecule has 2 heterocycles. The van der Waals surface area contributed by atoms with Crippen molar-refractivity contribution in [2.75, 3.05) is 0 Å². The first kappa shape index (κ1) is 19.4. The summed E-state index contributed by atoms with van der Waals surface area (Å²) in [4.78, 5) is 15.7. The molecule has 0 unspecified atom stereocenters. The van der Waals surface area contributed by atoms with Crippen LogP contribution in [0.25, 0.3) is 11.6 Å². The maximum Gasteiger partial charge on any atom is 0.280 e. The highest BCUT2D eigenvalue weighted by molar-refractivity contribution is 6.31. The number of carbonyl (C=O) groups is 1. The molecule has 3 aromatic rings. The molecule has 2 N–H and O–H groups in total. The highest BCUT2D eigenvalue weighted by atomic mass is 35.5. The Bertz CT molecular complexity index is 1090.